The highest BCUT2D eigenvalue weighted by Crippen LogP contribution is 2.40. The standard InChI is InChI=1S/C19H17ClN4OS/c1-10-21-18-15(13-8-19(2,3)25-9-14(13)26-18)17-22-16(23-24(10)17)11-4-6-12(20)7-5-11/h4-7H,8-9H2,1-3H3. The van der Waals surface area contributed by atoms with Crippen molar-refractivity contribution in [3.8, 4) is 11.4 Å². The third kappa shape index (κ3) is 2.44. The maximum absolute atomic E-state index is 6.01. The number of benzene rings is 1. The van der Waals surface area contributed by atoms with Gasteiger partial charge in [0.15, 0.2) is 11.5 Å². The first kappa shape index (κ1) is 16.2. The van der Waals surface area contributed by atoms with E-state index in [0.29, 0.717) is 17.5 Å². The lowest BCUT2D eigenvalue weighted by Gasteiger charge is -2.30. The second-order valence-corrected chi connectivity index (χ2v) is 8.77. The summed E-state index contributed by atoms with van der Waals surface area (Å²) < 4.78 is 7.83. The number of fused-ring (bicyclic) bond motifs is 5. The van der Waals surface area contributed by atoms with Crippen LogP contribution in [0.3, 0.4) is 0 Å². The van der Waals surface area contributed by atoms with Crippen LogP contribution in [0.2, 0.25) is 5.02 Å². The molecule has 5 nitrogen and oxygen atoms in total. The summed E-state index contributed by atoms with van der Waals surface area (Å²) in [6, 6.07) is 7.60. The van der Waals surface area contributed by atoms with Gasteiger partial charge in [-0.25, -0.2) is 9.97 Å². The van der Waals surface area contributed by atoms with Crippen molar-refractivity contribution in [1.29, 1.82) is 0 Å². The molecule has 3 aromatic heterocycles. The van der Waals surface area contributed by atoms with Crippen molar-refractivity contribution in [1.82, 2.24) is 19.6 Å². The van der Waals surface area contributed by atoms with E-state index < -0.39 is 0 Å². The molecule has 0 radical (unpaired) electrons. The number of hydrogen-bond acceptors (Lipinski definition) is 5. The van der Waals surface area contributed by atoms with Crippen LogP contribution in [0.25, 0.3) is 27.3 Å². The van der Waals surface area contributed by atoms with E-state index in [2.05, 4.69) is 13.8 Å². The summed E-state index contributed by atoms with van der Waals surface area (Å²) in [5, 5.41) is 6.51. The molecule has 0 bridgehead atoms. The number of halogens is 1. The Kier molecular flexibility index (Phi) is 3.41. The van der Waals surface area contributed by atoms with Gasteiger partial charge in [0.25, 0.3) is 0 Å². The zero-order chi connectivity index (χ0) is 18.1. The molecule has 5 rings (SSSR count). The Bertz CT molecular complexity index is 1160. The molecule has 4 heterocycles. The fourth-order valence-corrected chi connectivity index (χ4v) is 4.73. The summed E-state index contributed by atoms with van der Waals surface area (Å²) in [5.41, 5.74) is 2.93. The van der Waals surface area contributed by atoms with Crippen LogP contribution in [-0.4, -0.2) is 25.2 Å². The topological polar surface area (TPSA) is 52.3 Å². The van der Waals surface area contributed by atoms with Crippen LogP contribution in [0.4, 0.5) is 0 Å². The van der Waals surface area contributed by atoms with Crippen molar-refractivity contribution in [2.75, 3.05) is 0 Å². The quantitative estimate of drug-likeness (QED) is 0.472. The van der Waals surface area contributed by atoms with Crippen LogP contribution in [0.1, 0.15) is 30.1 Å². The van der Waals surface area contributed by atoms with Gasteiger partial charge in [0.05, 0.1) is 17.6 Å². The predicted molar refractivity (Wildman–Crippen MR) is 104 cm³/mol. The molecule has 0 amide bonds. The van der Waals surface area contributed by atoms with Crippen molar-refractivity contribution < 1.29 is 4.74 Å². The molecule has 0 spiro atoms. The average Bonchev–Trinajstić information content (AvgIpc) is 3.16. The van der Waals surface area contributed by atoms with Gasteiger partial charge >= 0.3 is 0 Å². The van der Waals surface area contributed by atoms with Crippen molar-refractivity contribution >= 4 is 38.8 Å². The Morgan fingerprint density at radius 3 is 2.73 bits per heavy atom. The molecule has 26 heavy (non-hydrogen) atoms. The smallest absolute Gasteiger partial charge is 0.182 e. The van der Waals surface area contributed by atoms with E-state index in [1.54, 1.807) is 11.3 Å². The minimum absolute atomic E-state index is 0.179. The SMILES string of the molecule is Cc1nc2sc3c(c2c2nc(-c4ccc(Cl)cc4)nn12)CC(C)(C)OC3. The Labute approximate surface area is 159 Å². The second-order valence-electron chi connectivity index (χ2n) is 7.25. The van der Waals surface area contributed by atoms with Crippen LogP contribution >= 0.6 is 22.9 Å². The van der Waals surface area contributed by atoms with Crippen molar-refractivity contribution in [2.45, 2.75) is 39.4 Å². The molecule has 0 N–H and O–H groups in total. The largest absolute Gasteiger partial charge is 0.370 e. The highest BCUT2D eigenvalue weighted by molar-refractivity contribution is 7.19. The summed E-state index contributed by atoms with van der Waals surface area (Å²) in [5.74, 6) is 1.52. The highest BCUT2D eigenvalue weighted by Gasteiger charge is 2.31. The Morgan fingerprint density at radius 2 is 1.96 bits per heavy atom. The fraction of sp³-hybridized carbons (Fsp3) is 0.316. The number of hydrogen-bond donors (Lipinski definition) is 0. The molecule has 0 aliphatic carbocycles. The molecular weight excluding hydrogens is 368 g/mol. The summed E-state index contributed by atoms with van der Waals surface area (Å²) in [4.78, 5) is 11.9. The van der Waals surface area contributed by atoms with Gasteiger partial charge < -0.3 is 4.74 Å². The molecule has 0 unspecified atom stereocenters. The van der Waals surface area contributed by atoms with Gasteiger partial charge in [-0.1, -0.05) is 11.6 Å². The third-order valence-corrected chi connectivity index (χ3v) is 6.12. The first-order valence-corrected chi connectivity index (χ1v) is 9.68. The van der Waals surface area contributed by atoms with Crippen LogP contribution in [0, 0.1) is 6.92 Å². The van der Waals surface area contributed by atoms with Crippen molar-refractivity contribution in [2.24, 2.45) is 0 Å². The van der Waals surface area contributed by atoms with Crippen molar-refractivity contribution in [3.05, 3.63) is 45.6 Å². The van der Waals surface area contributed by atoms with Gasteiger partial charge in [0, 0.05) is 21.9 Å². The maximum Gasteiger partial charge on any atom is 0.182 e. The first-order chi connectivity index (χ1) is 12.4. The number of ether oxygens (including phenoxy) is 1. The van der Waals surface area contributed by atoms with E-state index in [4.69, 9.17) is 31.4 Å². The van der Waals surface area contributed by atoms with E-state index in [1.165, 1.54) is 10.4 Å². The van der Waals surface area contributed by atoms with Crippen LogP contribution < -0.4 is 0 Å². The predicted octanol–water partition coefficient (Wildman–Crippen LogP) is 4.82. The molecule has 132 valence electrons. The van der Waals surface area contributed by atoms with E-state index in [0.717, 1.165) is 33.7 Å². The zero-order valence-electron chi connectivity index (χ0n) is 14.7. The van der Waals surface area contributed by atoms with Crippen molar-refractivity contribution in [3.63, 3.8) is 0 Å². The van der Waals surface area contributed by atoms with Crippen LogP contribution in [0.5, 0.6) is 0 Å². The number of aromatic nitrogens is 4. The second kappa shape index (κ2) is 5.49. The van der Waals surface area contributed by atoms with Crippen LogP contribution in [0.15, 0.2) is 24.3 Å². The summed E-state index contributed by atoms with van der Waals surface area (Å²) in [6.45, 7) is 6.85. The van der Waals surface area contributed by atoms with Gasteiger partial charge in [0.2, 0.25) is 0 Å². The molecular formula is C19H17ClN4OS. The maximum atomic E-state index is 6.01. The Balaban J connectivity index is 1.79. The Morgan fingerprint density at radius 1 is 1.19 bits per heavy atom. The van der Waals surface area contributed by atoms with E-state index in [9.17, 15) is 0 Å². The number of thiophene rings is 1. The summed E-state index contributed by atoms with van der Waals surface area (Å²) in [7, 11) is 0. The molecule has 7 heteroatoms. The average molecular weight is 385 g/mol. The molecule has 4 aromatic rings. The molecule has 0 atom stereocenters. The number of nitrogens with zero attached hydrogens (tertiary/aromatic N) is 4. The molecule has 0 saturated carbocycles. The van der Waals surface area contributed by atoms with E-state index >= 15 is 0 Å². The van der Waals surface area contributed by atoms with E-state index in [1.807, 2.05) is 35.7 Å². The number of rotatable bonds is 1. The van der Waals surface area contributed by atoms with Gasteiger partial charge in [0.1, 0.15) is 10.7 Å². The van der Waals surface area contributed by atoms with E-state index in [-0.39, 0.29) is 5.60 Å². The molecule has 0 fully saturated rings. The third-order valence-electron chi connectivity index (χ3n) is 4.77. The fourth-order valence-electron chi connectivity index (χ4n) is 3.46. The molecule has 1 aliphatic rings. The van der Waals surface area contributed by atoms with Gasteiger partial charge in [-0.05, 0) is 50.6 Å². The summed E-state index contributed by atoms with van der Waals surface area (Å²) in [6.07, 6.45) is 0.853. The van der Waals surface area contributed by atoms with Crippen LogP contribution in [-0.2, 0) is 17.8 Å². The molecule has 0 saturated heterocycles. The minimum atomic E-state index is -0.179. The van der Waals surface area contributed by atoms with Gasteiger partial charge in [-0.3, -0.25) is 0 Å². The first-order valence-electron chi connectivity index (χ1n) is 8.49. The highest BCUT2D eigenvalue weighted by atomic mass is 35.5. The minimum Gasteiger partial charge on any atom is -0.370 e. The monoisotopic (exact) mass is 384 g/mol. The number of aryl methyl sites for hydroxylation is 1. The van der Waals surface area contributed by atoms with Gasteiger partial charge in [-0.15, -0.1) is 16.4 Å². The lowest BCUT2D eigenvalue weighted by Crippen LogP contribution is -2.31. The van der Waals surface area contributed by atoms with Gasteiger partial charge in [-0.2, -0.15) is 4.52 Å². The molecule has 1 aromatic carbocycles. The Hall–Kier alpha value is -2.02. The summed E-state index contributed by atoms with van der Waals surface area (Å²) >= 11 is 7.71. The molecule has 1 aliphatic heterocycles. The lowest BCUT2D eigenvalue weighted by atomic mass is 9.94. The lowest BCUT2D eigenvalue weighted by molar-refractivity contribution is -0.0379. The normalized spacial score (nSPS) is 16.3. The zero-order valence-corrected chi connectivity index (χ0v) is 16.3.